The highest BCUT2D eigenvalue weighted by molar-refractivity contribution is 5.74. The predicted molar refractivity (Wildman–Crippen MR) is 70.1 cm³/mol. The van der Waals surface area contributed by atoms with Crippen LogP contribution in [0.15, 0.2) is 18.2 Å². The molecule has 1 heterocycles. The van der Waals surface area contributed by atoms with E-state index in [1.54, 1.807) is 19.1 Å². The first-order valence-corrected chi connectivity index (χ1v) is 6.24. The average Bonchev–Trinajstić information content (AvgIpc) is 2.66. The molecule has 98 valence electrons. The number of nitrogens with zero attached hydrogens (tertiary/aromatic N) is 1. The third-order valence-corrected chi connectivity index (χ3v) is 3.73. The zero-order valence-corrected chi connectivity index (χ0v) is 10.9. The molecule has 1 aliphatic heterocycles. The van der Waals surface area contributed by atoms with E-state index in [0.29, 0.717) is 12.6 Å². The van der Waals surface area contributed by atoms with Gasteiger partial charge in [0.15, 0.2) is 0 Å². The normalized spacial score (nSPS) is 20.0. The van der Waals surface area contributed by atoms with Crippen LogP contribution in [0.2, 0.25) is 0 Å². The maximum absolute atomic E-state index is 11.2. The fourth-order valence-electron chi connectivity index (χ4n) is 2.60. The van der Waals surface area contributed by atoms with Crippen molar-refractivity contribution in [2.24, 2.45) is 5.92 Å². The lowest BCUT2D eigenvalue weighted by Gasteiger charge is -2.25. The summed E-state index contributed by atoms with van der Waals surface area (Å²) in [6.07, 6.45) is 0. The Balaban J connectivity index is 2.44. The first-order chi connectivity index (χ1) is 8.41. The van der Waals surface area contributed by atoms with Crippen molar-refractivity contribution in [3.8, 4) is 5.75 Å². The highest BCUT2D eigenvalue weighted by Crippen LogP contribution is 2.42. The lowest BCUT2D eigenvalue weighted by atomic mass is 9.89. The fraction of sp³-hybridized carbons (Fsp3) is 0.500. The monoisotopic (exact) mass is 249 g/mol. The summed E-state index contributed by atoms with van der Waals surface area (Å²) in [5.41, 5.74) is 1.99. The van der Waals surface area contributed by atoms with Gasteiger partial charge in [-0.05, 0) is 37.6 Å². The summed E-state index contributed by atoms with van der Waals surface area (Å²) in [7, 11) is 0. The number of aromatic hydroxyl groups is 1. The number of anilines is 1. The van der Waals surface area contributed by atoms with Crippen molar-refractivity contribution in [2.75, 3.05) is 11.4 Å². The molecule has 2 N–H and O–H groups in total. The van der Waals surface area contributed by atoms with Gasteiger partial charge in [-0.2, -0.15) is 0 Å². The second-order valence-corrected chi connectivity index (χ2v) is 5.22. The minimum atomic E-state index is -0.792. The highest BCUT2D eigenvalue weighted by Gasteiger charge is 2.36. The molecule has 0 aliphatic carbocycles. The zero-order valence-electron chi connectivity index (χ0n) is 10.9. The van der Waals surface area contributed by atoms with Gasteiger partial charge in [0.1, 0.15) is 5.75 Å². The number of carbonyl (C=O) groups is 1. The predicted octanol–water partition coefficient (Wildman–Crippen LogP) is 2.42. The van der Waals surface area contributed by atoms with Crippen molar-refractivity contribution >= 4 is 11.7 Å². The average molecular weight is 249 g/mol. The van der Waals surface area contributed by atoms with Gasteiger partial charge >= 0.3 is 5.97 Å². The number of phenols is 1. The number of phenolic OH excluding ortho intramolecular Hbond substituents is 1. The van der Waals surface area contributed by atoms with Crippen molar-refractivity contribution in [1.82, 2.24) is 0 Å². The second kappa shape index (κ2) is 4.52. The molecule has 0 fully saturated rings. The van der Waals surface area contributed by atoms with E-state index in [1.165, 1.54) is 0 Å². The Kier molecular flexibility index (Phi) is 3.20. The number of hydrogen-bond donors (Lipinski definition) is 2. The van der Waals surface area contributed by atoms with Crippen LogP contribution in [0, 0.1) is 5.92 Å². The Morgan fingerprint density at radius 3 is 2.61 bits per heavy atom. The number of fused-ring (bicyclic) bond motifs is 1. The second-order valence-electron chi connectivity index (χ2n) is 5.22. The summed E-state index contributed by atoms with van der Waals surface area (Å²) in [6.45, 7) is 6.60. The van der Waals surface area contributed by atoms with E-state index in [9.17, 15) is 15.0 Å². The molecule has 18 heavy (non-hydrogen) atoms. The van der Waals surface area contributed by atoms with Crippen molar-refractivity contribution in [3.05, 3.63) is 23.8 Å². The van der Waals surface area contributed by atoms with Gasteiger partial charge in [0.25, 0.3) is 0 Å². The van der Waals surface area contributed by atoms with Crippen LogP contribution in [0.25, 0.3) is 0 Å². The van der Waals surface area contributed by atoms with Crippen LogP contribution in [0.1, 0.15) is 32.3 Å². The maximum atomic E-state index is 11.2. The van der Waals surface area contributed by atoms with Gasteiger partial charge in [0, 0.05) is 24.2 Å². The topological polar surface area (TPSA) is 60.8 Å². The maximum Gasteiger partial charge on any atom is 0.306 e. The molecule has 1 aromatic rings. The third kappa shape index (κ3) is 2.03. The van der Waals surface area contributed by atoms with Crippen LogP contribution in [-0.4, -0.2) is 28.8 Å². The summed E-state index contributed by atoms with van der Waals surface area (Å²) in [6, 6.07) is 5.54. The number of rotatable bonds is 3. The Labute approximate surface area is 107 Å². The third-order valence-electron chi connectivity index (χ3n) is 3.73. The van der Waals surface area contributed by atoms with E-state index in [2.05, 4.69) is 18.7 Å². The van der Waals surface area contributed by atoms with Crippen LogP contribution >= 0.6 is 0 Å². The van der Waals surface area contributed by atoms with E-state index >= 15 is 0 Å². The summed E-state index contributed by atoms with van der Waals surface area (Å²) in [5, 5.41) is 18.8. The van der Waals surface area contributed by atoms with Crippen LogP contribution in [0.4, 0.5) is 5.69 Å². The summed E-state index contributed by atoms with van der Waals surface area (Å²) >= 11 is 0. The van der Waals surface area contributed by atoms with E-state index in [0.717, 1.165) is 11.3 Å². The van der Waals surface area contributed by atoms with Gasteiger partial charge in [0.2, 0.25) is 0 Å². The van der Waals surface area contributed by atoms with Gasteiger partial charge < -0.3 is 15.1 Å². The summed E-state index contributed by atoms with van der Waals surface area (Å²) < 4.78 is 0. The first-order valence-electron chi connectivity index (χ1n) is 6.24. The molecule has 2 rings (SSSR count). The smallest absolute Gasteiger partial charge is 0.306 e. The lowest BCUT2D eigenvalue weighted by Crippen LogP contribution is -2.31. The minimum absolute atomic E-state index is 0.0630. The molecule has 0 aromatic heterocycles. The molecule has 4 heteroatoms. The molecule has 0 saturated carbocycles. The molecule has 1 aliphatic rings. The molecule has 0 radical (unpaired) electrons. The zero-order chi connectivity index (χ0) is 13.4. The Morgan fingerprint density at radius 1 is 1.39 bits per heavy atom. The molecule has 4 nitrogen and oxygen atoms in total. The summed E-state index contributed by atoms with van der Waals surface area (Å²) in [4.78, 5) is 13.4. The molecule has 2 unspecified atom stereocenters. The molecular weight excluding hydrogens is 230 g/mol. The van der Waals surface area contributed by atoms with Crippen molar-refractivity contribution in [1.29, 1.82) is 0 Å². The van der Waals surface area contributed by atoms with E-state index in [1.807, 2.05) is 6.07 Å². The van der Waals surface area contributed by atoms with Crippen molar-refractivity contribution in [2.45, 2.75) is 32.7 Å². The fourth-order valence-corrected chi connectivity index (χ4v) is 2.60. The molecule has 1 aromatic carbocycles. The highest BCUT2D eigenvalue weighted by atomic mass is 16.4. The van der Waals surface area contributed by atoms with Crippen LogP contribution in [0.5, 0.6) is 5.75 Å². The minimum Gasteiger partial charge on any atom is -0.508 e. The molecule has 0 spiro atoms. The van der Waals surface area contributed by atoms with Gasteiger partial charge in [-0.3, -0.25) is 4.79 Å². The van der Waals surface area contributed by atoms with Crippen LogP contribution < -0.4 is 4.90 Å². The number of benzene rings is 1. The van der Waals surface area contributed by atoms with Gasteiger partial charge in [-0.25, -0.2) is 0 Å². The number of hydrogen-bond acceptors (Lipinski definition) is 3. The van der Waals surface area contributed by atoms with Crippen molar-refractivity contribution < 1.29 is 15.0 Å². The number of aliphatic carboxylic acids is 1. The standard InChI is InChI=1S/C14H19NO3/c1-8(2)15-7-12(9(3)14(17)18)11-6-10(16)4-5-13(11)15/h4-6,8-9,12,16H,7H2,1-3H3,(H,17,18). The number of carboxylic acids is 1. The number of carboxylic acid groups (broad SMARTS) is 1. The van der Waals surface area contributed by atoms with E-state index in [-0.39, 0.29) is 11.7 Å². The summed E-state index contributed by atoms with van der Waals surface area (Å²) in [5.74, 6) is -1.11. The van der Waals surface area contributed by atoms with E-state index < -0.39 is 11.9 Å². The molecule has 0 bridgehead atoms. The van der Waals surface area contributed by atoms with Gasteiger partial charge in [-0.1, -0.05) is 6.92 Å². The quantitative estimate of drug-likeness (QED) is 0.863. The van der Waals surface area contributed by atoms with E-state index in [4.69, 9.17) is 0 Å². The Bertz CT molecular complexity index is 470. The molecule has 0 amide bonds. The molecule has 0 saturated heterocycles. The molecule has 2 atom stereocenters. The SMILES string of the molecule is CC(C(=O)O)C1CN(C(C)C)c2ccc(O)cc21. The lowest BCUT2D eigenvalue weighted by molar-refractivity contribution is -0.141. The van der Waals surface area contributed by atoms with Crippen LogP contribution in [-0.2, 0) is 4.79 Å². The molecular formula is C14H19NO3. The largest absolute Gasteiger partial charge is 0.508 e. The Morgan fingerprint density at radius 2 is 2.06 bits per heavy atom. The van der Waals surface area contributed by atoms with Gasteiger partial charge in [-0.15, -0.1) is 0 Å². The van der Waals surface area contributed by atoms with Crippen LogP contribution in [0.3, 0.4) is 0 Å². The van der Waals surface area contributed by atoms with Crippen molar-refractivity contribution in [3.63, 3.8) is 0 Å². The first kappa shape index (κ1) is 12.7. The van der Waals surface area contributed by atoms with Gasteiger partial charge in [0.05, 0.1) is 5.92 Å². The Hall–Kier alpha value is -1.71.